The van der Waals surface area contributed by atoms with E-state index in [-0.39, 0.29) is 21.9 Å². The van der Waals surface area contributed by atoms with Crippen LogP contribution >= 0.6 is 23.2 Å². The van der Waals surface area contributed by atoms with Crippen molar-refractivity contribution in [1.82, 2.24) is 21.0 Å². The SMILES string of the molecule is CC(C)(C)N1C=C([C@@H](Nc2cc(Cl)c3ncc(C#N)c(Nc4ccc(F)c(Cl)c4)c3c2)c2ccc(F)cc2)NN1. The van der Waals surface area contributed by atoms with Gasteiger partial charge < -0.3 is 16.1 Å². The Balaban J connectivity index is 1.59. The predicted molar refractivity (Wildman–Crippen MR) is 155 cm³/mol. The molecular weight excluding hydrogens is 555 g/mol. The van der Waals surface area contributed by atoms with Crippen LogP contribution in [-0.4, -0.2) is 15.5 Å². The number of rotatable bonds is 6. The highest BCUT2D eigenvalue weighted by atomic mass is 35.5. The lowest BCUT2D eigenvalue weighted by atomic mass is 10.0. The summed E-state index contributed by atoms with van der Waals surface area (Å²) in [6.07, 6.45) is 3.38. The molecule has 40 heavy (non-hydrogen) atoms. The number of nitrogens with one attached hydrogen (secondary N) is 4. The van der Waals surface area contributed by atoms with Crippen LogP contribution in [-0.2, 0) is 0 Å². The van der Waals surface area contributed by atoms with Crippen LogP contribution in [0, 0.1) is 23.0 Å². The molecule has 0 saturated heterocycles. The summed E-state index contributed by atoms with van der Waals surface area (Å²) in [4.78, 5) is 4.40. The van der Waals surface area contributed by atoms with Gasteiger partial charge in [0.2, 0.25) is 0 Å². The zero-order valence-corrected chi connectivity index (χ0v) is 23.3. The van der Waals surface area contributed by atoms with Crippen molar-refractivity contribution in [2.75, 3.05) is 10.6 Å². The fourth-order valence-electron chi connectivity index (χ4n) is 4.28. The molecule has 2 heterocycles. The van der Waals surface area contributed by atoms with E-state index in [1.807, 2.05) is 17.3 Å². The van der Waals surface area contributed by atoms with Crippen LogP contribution in [0.25, 0.3) is 10.9 Å². The first kappa shape index (κ1) is 27.5. The van der Waals surface area contributed by atoms with Gasteiger partial charge in [0.15, 0.2) is 0 Å². The molecule has 0 unspecified atom stereocenters. The highest BCUT2D eigenvalue weighted by Crippen LogP contribution is 2.37. The van der Waals surface area contributed by atoms with Gasteiger partial charge in [-0.3, -0.25) is 9.99 Å². The van der Waals surface area contributed by atoms with Crippen molar-refractivity contribution in [2.45, 2.75) is 32.4 Å². The Morgan fingerprint density at radius 1 is 1.00 bits per heavy atom. The Morgan fingerprint density at radius 2 is 1.73 bits per heavy atom. The molecule has 0 spiro atoms. The van der Waals surface area contributed by atoms with Crippen molar-refractivity contribution < 1.29 is 8.78 Å². The lowest BCUT2D eigenvalue weighted by Gasteiger charge is -2.30. The summed E-state index contributed by atoms with van der Waals surface area (Å²) >= 11 is 12.7. The van der Waals surface area contributed by atoms with E-state index in [1.165, 1.54) is 36.5 Å². The van der Waals surface area contributed by atoms with Gasteiger partial charge in [-0.15, -0.1) is 5.53 Å². The summed E-state index contributed by atoms with van der Waals surface area (Å²) < 4.78 is 27.5. The van der Waals surface area contributed by atoms with Crippen molar-refractivity contribution >= 4 is 51.2 Å². The number of halogens is 4. The van der Waals surface area contributed by atoms with E-state index in [0.29, 0.717) is 33.0 Å². The van der Waals surface area contributed by atoms with E-state index in [1.54, 1.807) is 18.2 Å². The molecule has 0 bridgehead atoms. The molecule has 7 nitrogen and oxygen atoms in total. The molecular formula is C29H25Cl2F2N7. The van der Waals surface area contributed by atoms with Gasteiger partial charge in [0.25, 0.3) is 0 Å². The van der Waals surface area contributed by atoms with Gasteiger partial charge in [0, 0.05) is 34.7 Å². The first-order chi connectivity index (χ1) is 19.0. The van der Waals surface area contributed by atoms with Gasteiger partial charge in [-0.2, -0.15) is 5.26 Å². The smallest absolute Gasteiger partial charge is 0.141 e. The normalized spacial score (nSPS) is 13.9. The Kier molecular flexibility index (Phi) is 7.43. The van der Waals surface area contributed by atoms with Gasteiger partial charge in [-0.25, -0.2) is 8.78 Å². The number of hydrogen-bond donors (Lipinski definition) is 4. The van der Waals surface area contributed by atoms with Crippen LogP contribution in [0.15, 0.2) is 72.7 Å². The number of aromatic nitrogens is 1. The third kappa shape index (κ3) is 5.61. The highest BCUT2D eigenvalue weighted by Gasteiger charge is 2.28. The number of nitriles is 1. The number of hydrogen-bond acceptors (Lipinski definition) is 7. The minimum atomic E-state index is -0.553. The summed E-state index contributed by atoms with van der Waals surface area (Å²) in [6, 6.07) is 15.7. The topological polar surface area (TPSA) is 88.0 Å². The molecule has 0 radical (unpaired) electrons. The number of fused-ring (bicyclic) bond motifs is 1. The fraction of sp³-hybridized carbons (Fsp3) is 0.172. The summed E-state index contributed by atoms with van der Waals surface area (Å²) in [5.74, 6) is -0.895. The Hall–Kier alpha value is -4.10. The lowest BCUT2D eigenvalue weighted by Crippen LogP contribution is -2.47. The second-order valence-electron chi connectivity index (χ2n) is 10.3. The summed E-state index contributed by atoms with van der Waals surface area (Å²) in [7, 11) is 0. The van der Waals surface area contributed by atoms with Crippen LogP contribution in [0.2, 0.25) is 10.0 Å². The van der Waals surface area contributed by atoms with E-state index in [2.05, 4.69) is 53.4 Å². The van der Waals surface area contributed by atoms with Crippen LogP contribution < -0.4 is 21.6 Å². The molecule has 1 atom stereocenters. The summed E-state index contributed by atoms with van der Waals surface area (Å²) in [5, 5.41) is 19.3. The number of anilines is 3. The van der Waals surface area contributed by atoms with Gasteiger partial charge in [0.05, 0.1) is 38.6 Å². The van der Waals surface area contributed by atoms with Gasteiger partial charge >= 0.3 is 0 Å². The van der Waals surface area contributed by atoms with E-state index in [0.717, 1.165) is 11.3 Å². The molecule has 0 aliphatic carbocycles. The standard InChI is InChI=1S/C29H25Cl2F2N7/c1-29(2,3)40-15-25(38-39-40)27(16-4-6-18(32)7-5-16)37-20-10-21-26(36-19-8-9-24(33)22(30)11-19)17(13-34)14-35-28(21)23(31)12-20/h4-12,14-15,27,37-39H,1-3H3,(H,35,36)/t27-/m0/s1. The van der Waals surface area contributed by atoms with Crippen molar-refractivity contribution in [2.24, 2.45) is 0 Å². The van der Waals surface area contributed by atoms with Crippen LogP contribution in [0.1, 0.15) is 37.9 Å². The molecule has 1 aliphatic rings. The summed E-state index contributed by atoms with van der Waals surface area (Å²) in [6.45, 7) is 6.19. The van der Waals surface area contributed by atoms with Crippen LogP contribution in [0.5, 0.6) is 0 Å². The predicted octanol–water partition coefficient (Wildman–Crippen LogP) is 7.55. The molecule has 204 valence electrons. The third-order valence-corrected chi connectivity index (χ3v) is 6.95. The average Bonchev–Trinajstić information content (AvgIpc) is 3.41. The fourth-order valence-corrected chi connectivity index (χ4v) is 4.73. The van der Waals surface area contributed by atoms with E-state index in [9.17, 15) is 14.0 Å². The van der Waals surface area contributed by atoms with Gasteiger partial charge in [0.1, 0.15) is 17.7 Å². The maximum absolute atomic E-state index is 13.8. The molecule has 5 rings (SSSR count). The molecule has 0 saturated carbocycles. The van der Waals surface area contributed by atoms with Crippen LogP contribution in [0.3, 0.4) is 0 Å². The maximum atomic E-state index is 13.8. The van der Waals surface area contributed by atoms with E-state index in [4.69, 9.17) is 23.2 Å². The maximum Gasteiger partial charge on any atom is 0.141 e. The first-order valence-electron chi connectivity index (χ1n) is 12.3. The molecule has 4 N–H and O–H groups in total. The van der Waals surface area contributed by atoms with Crippen molar-refractivity contribution in [1.29, 1.82) is 5.26 Å². The number of nitrogens with zero attached hydrogens (tertiary/aromatic N) is 3. The van der Waals surface area contributed by atoms with Crippen molar-refractivity contribution in [3.63, 3.8) is 0 Å². The monoisotopic (exact) mass is 579 g/mol. The third-order valence-electron chi connectivity index (χ3n) is 6.37. The van der Waals surface area contributed by atoms with Gasteiger partial charge in [-0.05, 0) is 68.8 Å². The van der Waals surface area contributed by atoms with E-state index < -0.39 is 11.9 Å². The van der Waals surface area contributed by atoms with Crippen molar-refractivity contribution in [3.8, 4) is 6.07 Å². The zero-order chi connectivity index (χ0) is 28.6. The lowest BCUT2D eigenvalue weighted by molar-refractivity contribution is 0.138. The Morgan fingerprint density at radius 3 is 2.38 bits per heavy atom. The van der Waals surface area contributed by atoms with Gasteiger partial charge in [-0.1, -0.05) is 35.3 Å². The Labute approximate surface area is 240 Å². The quantitative estimate of drug-likeness (QED) is 0.187. The molecule has 3 aromatic carbocycles. The van der Waals surface area contributed by atoms with Crippen molar-refractivity contribution in [3.05, 3.63) is 105 Å². The van der Waals surface area contributed by atoms with Crippen LogP contribution in [0.4, 0.5) is 25.8 Å². The molecule has 1 aromatic heterocycles. The molecule has 11 heteroatoms. The largest absolute Gasteiger partial charge is 0.373 e. The average molecular weight is 580 g/mol. The summed E-state index contributed by atoms with van der Waals surface area (Å²) in [5.41, 5.74) is 10.0. The number of pyridine rings is 1. The minimum absolute atomic E-state index is 0.0559. The Bertz CT molecular complexity index is 1660. The molecule has 0 fully saturated rings. The zero-order valence-electron chi connectivity index (χ0n) is 21.8. The van der Waals surface area contributed by atoms with E-state index >= 15 is 0 Å². The first-order valence-corrected chi connectivity index (χ1v) is 13.1. The minimum Gasteiger partial charge on any atom is -0.373 e. The second-order valence-corrected chi connectivity index (χ2v) is 11.1. The molecule has 1 aliphatic heterocycles. The molecule has 0 amide bonds. The number of hydrazine groups is 2. The second kappa shape index (κ2) is 10.8. The number of benzene rings is 3. The highest BCUT2D eigenvalue weighted by molar-refractivity contribution is 6.36. The molecule has 4 aromatic rings.